The maximum atomic E-state index is 13.4. The molecule has 2 rings (SSSR count). The Bertz CT molecular complexity index is 599. The van der Waals surface area contributed by atoms with Crippen molar-refractivity contribution >= 4 is 5.69 Å². The Morgan fingerprint density at radius 3 is 2.33 bits per heavy atom. The number of rotatable bonds is 2. The van der Waals surface area contributed by atoms with Crippen LogP contribution in [-0.4, -0.2) is 0 Å². The monoisotopic (exact) mass is 253 g/mol. The lowest BCUT2D eigenvalue weighted by Crippen LogP contribution is -1.96. The molecule has 0 aromatic heterocycles. The number of hydrogen-bond acceptors (Lipinski definition) is 2. The van der Waals surface area contributed by atoms with Gasteiger partial charge in [-0.05, 0) is 30.7 Å². The van der Waals surface area contributed by atoms with Crippen LogP contribution in [0.4, 0.5) is 18.9 Å². The van der Waals surface area contributed by atoms with Crippen molar-refractivity contribution in [3.63, 3.8) is 0 Å². The van der Waals surface area contributed by atoms with E-state index in [0.29, 0.717) is 11.6 Å². The molecule has 0 spiro atoms. The van der Waals surface area contributed by atoms with Crippen molar-refractivity contribution in [2.24, 2.45) is 0 Å². The fourth-order valence-corrected chi connectivity index (χ4v) is 1.44. The summed E-state index contributed by atoms with van der Waals surface area (Å²) in [6, 6.07) is 5.34. The average molecular weight is 253 g/mol. The van der Waals surface area contributed by atoms with Gasteiger partial charge in [0.15, 0.2) is 17.3 Å². The van der Waals surface area contributed by atoms with Crippen molar-refractivity contribution in [3.05, 3.63) is 53.3 Å². The van der Waals surface area contributed by atoms with Gasteiger partial charge in [0.1, 0.15) is 11.6 Å². The maximum Gasteiger partial charge on any atom is 0.168 e. The second kappa shape index (κ2) is 4.60. The standard InChI is InChI=1S/C13H10F3NO/c1-7-4-13(11(17)6-9(7)15)18-12-3-2-8(14)5-10(12)16/h2-6H,17H2,1H3. The van der Waals surface area contributed by atoms with Crippen molar-refractivity contribution in [1.82, 2.24) is 0 Å². The van der Waals surface area contributed by atoms with Crippen LogP contribution in [0.5, 0.6) is 11.5 Å². The van der Waals surface area contributed by atoms with Crippen LogP contribution in [0, 0.1) is 24.4 Å². The number of nitrogens with two attached hydrogens (primary N) is 1. The molecule has 5 heteroatoms. The molecule has 0 aliphatic heterocycles. The summed E-state index contributed by atoms with van der Waals surface area (Å²) in [6.45, 7) is 1.53. The van der Waals surface area contributed by atoms with Gasteiger partial charge in [0, 0.05) is 12.1 Å². The summed E-state index contributed by atoms with van der Waals surface area (Å²) < 4.78 is 44.4. The fraction of sp³-hybridized carbons (Fsp3) is 0.0769. The minimum absolute atomic E-state index is 0.0434. The molecule has 0 fully saturated rings. The Hall–Kier alpha value is -2.17. The van der Waals surface area contributed by atoms with Crippen LogP contribution in [0.2, 0.25) is 0 Å². The van der Waals surface area contributed by atoms with Crippen molar-refractivity contribution in [2.45, 2.75) is 6.92 Å². The van der Waals surface area contributed by atoms with Crippen molar-refractivity contribution < 1.29 is 17.9 Å². The Morgan fingerprint density at radius 1 is 0.944 bits per heavy atom. The minimum atomic E-state index is -0.851. The number of nitrogen functional groups attached to an aromatic ring is 1. The van der Waals surface area contributed by atoms with E-state index < -0.39 is 17.5 Å². The van der Waals surface area contributed by atoms with Gasteiger partial charge in [0.2, 0.25) is 0 Å². The van der Waals surface area contributed by atoms with Gasteiger partial charge >= 0.3 is 0 Å². The van der Waals surface area contributed by atoms with Crippen LogP contribution in [0.25, 0.3) is 0 Å². The summed E-state index contributed by atoms with van der Waals surface area (Å²) in [5, 5.41) is 0. The summed E-state index contributed by atoms with van der Waals surface area (Å²) in [6.07, 6.45) is 0. The summed E-state index contributed by atoms with van der Waals surface area (Å²) >= 11 is 0. The number of aryl methyl sites for hydroxylation is 1. The van der Waals surface area contributed by atoms with Gasteiger partial charge in [0.05, 0.1) is 5.69 Å². The number of ether oxygens (including phenoxy) is 1. The summed E-state index contributed by atoms with van der Waals surface area (Å²) in [5.41, 5.74) is 5.92. The van der Waals surface area contributed by atoms with E-state index in [1.54, 1.807) is 0 Å². The van der Waals surface area contributed by atoms with E-state index in [4.69, 9.17) is 10.5 Å². The first-order chi connectivity index (χ1) is 8.47. The smallest absolute Gasteiger partial charge is 0.168 e. The molecule has 0 amide bonds. The van der Waals surface area contributed by atoms with Crippen LogP contribution in [-0.2, 0) is 0 Å². The van der Waals surface area contributed by atoms with Crippen molar-refractivity contribution in [1.29, 1.82) is 0 Å². The zero-order valence-corrected chi connectivity index (χ0v) is 9.51. The largest absolute Gasteiger partial charge is 0.452 e. The average Bonchev–Trinajstić information content (AvgIpc) is 2.29. The number of benzene rings is 2. The van der Waals surface area contributed by atoms with Crippen LogP contribution in [0.15, 0.2) is 30.3 Å². The molecule has 18 heavy (non-hydrogen) atoms. The molecule has 0 saturated carbocycles. The molecule has 0 aliphatic carbocycles. The molecular weight excluding hydrogens is 243 g/mol. The van der Waals surface area contributed by atoms with Gasteiger partial charge in [-0.25, -0.2) is 13.2 Å². The third-order valence-corrected chi connectivity index (χ3v) is 2.40. The molecule has 2 aromatic rings. The second-order valence-electron chi connectivity index (χ2n) is 3.82. The predicted octanol–water partition coefficient (Wildman–Crippen LogP) is 3.79. The highest BCUT2D eigenvalue weighted by molar-refractivity contribution is 5.55. The molecular formula is C13H10F3NO. The van der Waals surface area contributed by atoms with Crippen LogP contribution >= 0.6 is 0 Å². The molecule has 0 bridgehead atoms. The molecule has 0 radical (unpaired) electrons. The van der Waals surface area contributed by atoms with Crippen LogP contribution in [0.1, 0.15) is 5.56 Å². The lowest BCUT2D eigenvalue weighted by atomic mass is 10.2. The van der Waals surface area contributed by atoms with E-state index in [1.807, 2.05) is 0 Å². The van der Waals surface area contributed by atoms with Crippen molar-refractivity contribution in [2.75, 3.05) is 5.73 Å². The molecule has 0 unspecified atom stereocenters. The topological polar surface area (TPSA) is 35.2 Å². The first kappa shape index (κ1) is 12.3. The first-order valence-corrected chi connectivity index (χ1v) is 5.16. The normalized spacial score (nSPS) is 10.4. The van der Waals surface area contributed by atoms with E-state index >= 15 is 0 Å². The summed E-state index contributed by atoms with van der Waals surface area (Å²) in [4.78, 5) is 0. The minimum Gasteiger partial charge on any atom is -0.452 e. The van der Waals surface area contributed by atoms with E-state index in [1.165, 1.54) is 13.0 Å². The van der Waals surface area contributed by atoms with Gasteiger partial charge in [-0.1, -0.05) is 0 Å². The quantitative estimate of drug-likeness (QED) is 0.826. The molecule has 2 nitrogen and oxygen atoms in total. The predicted molar refractivity (Wildman–Crippen MR) is 62.0 cm³/mol. The van der Waals surface area contributed by atoms with E-state index in [2.05, 4.69) is 0 Å². The molecule has 2 aromatic carbocycles. The number of anilines is 1. The molecule has 0 atom stereocenters. The second-order valence-corrected chi connectivity index (χ2v) is 3.82. The Balaban J connectivity index is 2.37. The van der Waals surface area contributed by atoms with Gasteiger partial charge < -0.3 is 10.5 Å². The van der Waals surface area contributed by atoms with Crippen molar-refractivity contribution in [3.8, 4) is 11.5 Å². The van der Waals surface area contributed by atoms with Gasteiger partial charge in [-0.15, -0.1) is 0 Å². The zero-order chi connectivity index (χ0) is 13.3. The van der Waals surface area contributed by atoms with Gasteiger partial charge in [-0.3, -0.25) is 0 Å². The summed E-state index contributed by atoms with van der Waals surface area (Å²) in [5.74, 6) is -2.08. The number of halogens is 3. The first-order valence-electron chi connectivity index (χ1n) is 5.16. The van der Waals surface area contributed by atoms with Gasteiger partial charge in [0.25, 0.3) is 0 Å². The molecule has 0 saturated heterocycles. The zero-order valence-electron chi connectivity index (χ0n) is 9.51. The Labute approximate surface area is 102 Å². The third kappa shape index (κ3) is 2.40. The molecule has 0 aliphatic rings. The van der Waals surface area contributed by atoms with Crippen LogP contribution in [0.3, 0.4) is 0 Å². The third-order valence-electron chi connectivity index (χ3n) is 2.40. The molecule has 2 N–H and O–H groups in total. The van der Waals surface area contributed by atoms with E-state index in [0.717, 1.165) is 18.2 Å². The highest BCUT2D eigenvalue weighted by Crippen LogP contribution is 2.31. The Kier molecular flexibility index (Phi) is 3.14. The highest BCUT2D eigenvalue weighted by Gasteiger charge is 2.10. The van der Waals surface area contributed by atoms with Gasteiger partial charge in [-0.2, -0.15) is 0 Å². The highest BCUT2D eigenvalue weighted by atomic mass is 19.1. The fourth-order valence-electron chi connectivity index (χ4n) is 1.44. The van der Waals surface area contributed by atoms with E-state index in [9.17, 15) is 13.2 Å². The Morgan fingerprint density at radius 2 is 1.67 bits per heavy atom. The van der Waals surface area contributed by atoms with E-state index in [-0.39, 0.29) is 17.2 Å². The lowest BCUT2D eigenvalue weighted by Gasteiger charge is -2.10. The molecule has 0 heterocycles. The van der Waals surface area contributed by atoms with Crippen LogP contribution < -0.4 is 10.5 Å². The lowest BCUT2D eigenvalue weighted by molar-refractivity contribution is 0.438. The molecule has 94 valence electrons. The SMILES string of the molecule is Cc1cc(Oc2ccc(F)cc2F)c(N)cc1F. The maximum absolute atomic E-state index is 13.4. The number of hydrogen-bond donors (Lipinski definition) is 1. The summed E-state index contributed by atoms with van der Waals surface area (Å²) in [7, 11) is 0.